The van der Waals surface area contributed by atoms with Crippen molar-refractivity contribution in [2.75, 3.05) is 0 Å². The van der Waals surface area contributed by atoms with E-state index in [0.717, 1.165) is 39.9 Å². The Morgan fingerprint density at radius 1 is 1.09 bits per heavy atom. The number of carboxylic acids is 1. The second kappa shape index (κ2) is 7.95. The summed E-state index contributed by atoms with van der Waals surface area (Å²) in [6.07, 6.45) is 1.43. The summed E-state index contributed by atoms with van der Waals surface area (Å²) in [6, 6.07) is 19.6. The summed E-state index contributed by atoms with van der Waals surface area (Å²) in [5.74, 6) is -0.997. The molecule has 4 aromatic rings. The number of aromatic carboxylic acids is 1. The van der Waals surface area contributed by atoms with Gasteiger partial charge in [0, 0.05) is 12.1 Å². The lowest BCUT2D eigenvalue weighted by molar-refractivity contribution is 0.0684. The number of hydrogen-bond acceptors (Lipinski definition) is 2. The molecule has 2 heterocycles. The quantitative estimate of drug-likeness (QED) is 0.402. The Bertz CT molecular complexity index is 1420. The van der Waals surface area contributed by atoms with Crippen molar-refractivity contribution in [3.63, 3.8) is 0 Å². The molecule has 2 aromatic carbocycles. The molecule has 0 saturated heterocycles. The van der Waals surface area contributed by atoms with Crippen LogP contribution in [0.1, 0.15) is 32.7 Å². The number of aryl methyl sites for hydroxylation is 2. The maximum Gasteiger partial charge on any atom is 0.353 e. The molecule has 0 aliphatic heterocycles. The molecule has 6 heteroatoms. The number of H-pyrrole nitrogens is 1. The van der Waals surface area contributed by atoms with Gasteiger partial charge in [-0.15, -0.1) is 0 Å². The second-order valence-corrected chi connectivity index (χ2v) is 8.94. The zero-order valence-corrected chi connectivity index (χ0v) is 19.1. The minimum atomic E-state index is -0.997. The molecule has 1 aliphatic carbocycles. The monoisotopic (exact) mass is 488 g/mol. The van der Waals surface area contributed by atoms with Crippen molar-refractivity contribution in [3.05, 3.63) is 103 Å². The molecule has 0 saturated carbocycles. The number of benzene rings is 2. The Morgan fingerprint density at radius 3 is 2.59 bits per heavy atom. The van der Waals surface area contributed by atoms with E-state index in [-0.39, 0.29) is 11.3 Å². The van der Waals surface area contributed by atoms with Crippen LogP contribution in [-0.4, -0.2) is 20.6 Å². The van der Waals surface area contributed by atoms with Crippen LogP contribution in [0.3, 0.4) is 0 Å². The van der Waals surface area contributed by atoms with E-state index < -0.39 is 5.97 Å². The minimum absolute atomic E-state index is 0.181. The summed E-state index contributed by atoms with van der Waals surface area (Å²) in [5.41, 5.74) is 7.05. The Morgan fingerprint density at radius 2 is 1.88 bits per heavy atom. The highest BCUT2D eigenvalue weighted by atomic mass is 79.9. The van der Waals surface area contributed by atoms with Gasteiger partial charge in [0.2, 0.25) is 0 Å². The van der Waals surface area contributed by atoms with E-state index in [2.05, 4.69) is 27.0 Å². The van der Waals surface area contributed by atoms with Gasteiger partial charge in [0.15, 0.2) is 0 Å². The number of hydrogen-bond donors (Lipinski definition) is 2. The zero-order valence-electron chi connectivity index (χ0n) is 17.5. The first-order chi connectivity index (χ1) is 15.4. The predicted molar refractivity (Wildman–Crippen MR) is 128 cm³/mol. The van der Waals surface area contributed by atoms with E-state index in [9.17, 15) is 14.7 Å². The number of carboxylic acid groups (broad SMARTS) is 1. The van der Waals surface area contributed by atoms with Gasteiger partial charge in [-0.2, -0.15) is 0 Å². The lowest BCUT2D eigenvalue weighted by Gasteiger charge is -2.21. The molecule has 0 bridgehead atoms. The molecular formula is C26H21BrN2O3. The van der Waals surface area contributed by atoms with Crippen LogP contribution in [-0.2, 0) is 19.4 Å². The molecule has 0 unspecified atom stereocenters. The Kier molecular flexibility index (Phi) is 5.10. The summed E-state index contributed by atoms with van der Waals surface area (Å²) in [6.45, 7) is 2.42. The maximum absolute atomic E-state index is 13.0. The summed E-state index contributed by atoms with van der Waals surface area (Å²) < 4.78 is 2.40. The SMILES string of the molecule is Cc1cccc(Cn2c(C(=O)O)c(Br)c3c2-c2[nH]c(=O)c(-c4ccccc4)cc2CC3)c1. The van der Waals surface area contributed by atoms with Crippen molar-refractivity contribution in [1.82, 2.24) is 9.55 Å². The lowest BCUT2D eigenvalue weighted by Crippen LogP contribution is -2.18. The zero-order chi connectivity index (χ0) is 22.4. The number of pyridine rings is 1. The second-order valence-electron chi connectivity index (χ2n) is 8.15. The van der Waals surface area contributed by atoms with Crippen molar-refractivity contribution in [2.24, 2.45) is 0 Å². The van der Waals surface area contributed by atoms with Crippen molar-refractivity contribution in [2.45, 2.75) is 26.3 Å². The average molecular weight is 489 g/mol. The summed E-state index contributed by atoms with van der Waals surface area (Å²) in [7, 11) is 0. The van der Waals surface area contributed by atoms with Crippen LogP contribution in [0.4, 0.5) is 0 Å². The van der Waals surface area contributed by atoms with Gasteiger partial charge < -0.3 is 14.7 Å². The van der Waals surface area contributed by atoms with E-state index in [0.29, 0.717) is 28.7 Å². The van der Waals surface area contributed by atoms with Gasteiger partial charge in [0.05, 0.1) is 15.9 Å². The molecule has 2 N–H and O–H groups in total. The average Bonchev–Trinajstić information content (AvgIpc) is 3.06. The van der Waals surface area contributed by atoms with Crippen LogP contribution >= 0.6 is 15.9 Å². The number of nitrogens with one attached hydrogen (secondary N) is 1. The van der Waals surface area contributed by atoms with E-state index in [1.165, 1.54) is 0 Å². The molecule has 0 radical (unpaired) electrons. The first kappa shape index (κ1) is 20.5. The predicted octanol–water partition coefficient (Wildman–Crippen LogP) is 5.43. The molecule has 0 atom stereocenters. The first-order valence-corrected chi connectivity index (χ1v) is 11.2. The summed E-state index contributed by atoms with van der Waals surface area (Å²) in [5, 5.41) is 10.0. The summed E-state index contributed by atoms with van der Waals surface area (Å²) >= 11 is 3.54. The van der Waals surface area contributed by atoms with Crippen molar-refractivity contribution < 1.29 is 9.90 Å². The normalized spacial score (nSPS) is 12.3. The van der Waals surface area contributed by atoms with E-state index >= 15 is 0 Å². The fourth-order valence-corrected chi connectivity index (χ4v) is 5.36. The lowest BCUT2D eigenvalue weighted by atomic mass is 9.92. The highest BCUT2D eigenvalue weighted by molar-refractivity contribution is 9.10. The molecule has 0 fully saturated rings. The van der Waals surface area contributed by atoms with E-state index in [1.807, 2.05) is 66.1 Å². The van der Waals surface area contributed by atoms with Crippen LogP contribution in [0.15, 0.2) is 69.9 Å². The number of aromatic nitrogens is 2. The number of aromatic amines is 1. The maximum atomic E-state index is 13.0. The molecule has 32 heavy (non-hydrogen) atoms. The number of fused-ring (bicyclic) bond motifs is 3. The van der Waals surface area contributed by atoms with Crippen molar-refractivity contribution in [1.29, 1.82) is 0 Å². The van der Waals surface area contributed by atoms with Gasteiger partial charge in [-0.25, -0.2) is 4.79 Å². The van der Waals surface area contributed by atoms with Crippen molar-refractivity contribution in [3.8, 4) is 22.5 Å². The number of rotatable bonds is 4. The number of halogens is 1. The van der Waals surface area contributed by atoms with Gasteiger partial charge in [0.25, 0.3) is 5.56 Å². The van der Waals surface area contributed by atoms with E-state index in [1.54, 1.807) is 0 Å². The Labute approximate surface area is 193 Å². The van der Waals surface area contributed by atoms with Gasteiger partial charge >= 0.3 is 5.97 Å². The van der Waals surface area contributed by atoms with Crippen LogP contribution in [0.5, 0.6) is 0 Å². The highest BCUT2D eigenvalue weighted by Crippen LogP contribution is 2.41. The van der Waals surface area contributed by atoms with Crippen LogP contribution < -0.4 is 5.56 Å². The smallest absolute Gasteiger partial charge is 0.353 e. The van der Waals surface area contributed by atoms with E-state index in [4.69, 9.17) is 0 Å². The van der Waals surface area contributed by atoms with Gasteiger partial charge in [-0.3, -0.25) is 4.79 Å². The molecule has 0 amide bonds. The van der Waals surface area contributed by atoms with Gasteiger partial charge in [-0.1, -0.05) is 60.2 Å². The standard InChI is InChI=1S/C26H21BrN2O3/c1-15-6-5-7-16(12-15)14-29-23-19(21(27)24(29)26(31)32)11-10-18-13-20(25(30)28-22(18)23)17-8-3-2-4-9-17/h2-9,12-13H,10-11,14H2,1H3,(H,28,30)(H,31,32). The molecule has 1 aliphatic rings. The molecule has 0 spiro atoms. The van der Waals surface area contributed by atoms with Crippen LogP contribution in [0.25, 0.3) is 22.5 Å². The fraction of sp³-hybridized carbons (Fsp3) is 0.154. The molecular weight excluding hydrogens is 468 g/mol. The third-order valence-electron chi connectivity index (χ3n) is 6.01. The van der Waals surface area contributed by atoms with Gasteiger partial charge in [-0.05, 0) is 64.0 Å². The molecule has 160 valence electrons. The van der Waals surface area contributed by atoms with Crippen LogP contribution in [0.2, 0.25) is 0 Å². The third-order valence-corrected chi connectivity index (χ3v) is 6.87. The van der Waals surface area contributed by atoms with Crippen molar-refractivity contribution >= 4 is 21.9 Å². The summed E-state index contributed by atoms with van der Waals surface area (Å²) in [4.78, 5) is 28.3. The minimum Gasteiger partial charge on any atom is -0.477 e. The topological polar surface area (TPSA) is 75.1 Å². The highest BCUT2D eigenvalue weighted by Gasteiger charge is 2.31. The van der Waals surface area contributed by atoms with Crippen LogP contribution in [0, 0.1) is 6.92 Å². The first-order valence-electron chi connectivity index (χ1n) is 10.5. The molecule has 5 nitrogen and oxygen atoms in total. The molecule has 5 rings (SSSR count). The Balaban J connectivity index is 1.72. The number of carbonyl (C=O) groups is 1. The molecule has 2 aromatic heterocycles. The number of nitrogens with zero attached hydrogens (tertiary/aromatic N) is 1. The third kappa shape index (κ3) is 3.41. The fourth-order valence-electron chi connectivity index (χ4n) is 4.59. The largest absolute Gasteiger partial charge is 0.477 e. The van der Waals surface area contributed by atoms with Gasteiger partial charge in [0.1, 0.15) is 5.69 Å². The Hall–Kier alpha value is -3.38.